The molecule has 1 aromatic carbocycles. The largest absolute Gasteiger partial charge is 0.341 e. The Labute approximate surface area is 148 Å². The van der Waals surface area contributed by atoms with Crippen LogP contribution in [0.1, 0.15) is 29.6 Å². The minimum absolute atomic E-state index is 0.0184. The number of benzene rings is 1. The van der Waals surface area contributed by atoms with Gasteiger partial charge in [-0.15, -0.1) is 0 Å². The number of likely N-dealkylation sites (N-methyl/N-ethyl adjacent to an activating group) is 1. The fraction of sp³-hybridized carbons (Fsp3) is 0.579. The number of rotatable bonds is 4. The lowest BCUT2D eigenvalue weighted by molar-refractivity contribution is -0.127. The van der Waals surface area contributed by atoms with Gasteiger partial charge in [0.25, 0.3) is 5.91 Å². The molecule has 0 unspecified atom stereocenters. The molecule has 5 nitrogen and oxygen atoms in total. The van der Waals surface area contributed by atoms with E-state index in [0.29, 0.717) is 19.5 Å². The van der Waals surface area contributed by atoms with Crippen molar-refractivity contribution >= 4 is 11.8 Å². The van der Waals surface area contributed by atoms with Crippen LogP contribution in [0.4, 0.5) is 4.39 Å². The Kier molecular flexibility index (Phi) is 5.08. The van der Waals surface area contributed by atoms with Crippen LogP contribution in [-0.4, -0.2) is 73.3 Å². The Bertz CT molecular complexity index is 654. The number of piperidine rings is 1. The molecule has 2 heterocycles. The first-order chi connectivity index (χ1) is 11.9. The summed E-state index contributed by atoms with van der Waals surface area (Å²) >= 11 is 0. The summed E-state index contributed by atoms with van der Waals surface area (Å²) in [7, 11) is 4.01. The molecule has 0 saturated carbocycles. The van der Waals surface area contributed by atoms with E-state index in [4.69, 9.17) is 0 Å². The SMILES string of the molecule is CN(C)CCN1CC2(CCN(C(=O)c3ccccc3F)CC2)CC1=O. The van der Waals surface area contributed by atoms with Gasteiger partial charge < -0.3 is 14.7 Å². The van der Waals surface area contributed by atoms with Crippen LogP contribution in [0.25, 0.3) is 0 Å². The van der Waals surface area contributed by atoms with E-state index < -0.39 is 5.82 Å². The summed E-state index contributed by atoms with van der Waals surface area (Å²) in [5, 5.41) is 0. The van der Waals surface area contributed by atoms with Crippen molar-refractivity contribution in [2.45, 2.75) is 19.3 Å². The Hall–Kier alpha value is -1.95. The molecule has 6 heteroatoms. The summed E-state index contributed by atoms with van der Waals surface area (Å²) in [5.74, 6) is -0.504. The highest BCUT2D eigenvalue weighted by atomic mass is 19.1. The lowest BCUT2D eigenvalue weighted by atomic mass is 9.77. The van der Waals surface area contributed by atoms with Crippen molar-refractivity contribution in [1.29, 1.82) is 0 Å². The number of nitrogens with zero attached hydrogens (tertiary/aromatic N) is 3. The highest BCUT2D eigenvalue weighted by Crippen LogP contribution is 2.41. The van der Waals surface area contributed by atoms with Crippen LogP contribution in [0, 0.1) is 11.2 Å². The summed E-state index contributed by atoms with van der Waals surface area (Å²) in [6.07, 6.45) is 2.18. The lowest BCUT2D eigenvalue weighted by Crippen LogP contribution is -2.44. The fourth-order valence-electron chi connectivity index (χ4n) is 3.83. The minimum Gasteiger partial charge on any atom is -0.341 e. The van der Waals surface area contributed by atoms with Gasteiger partial charge >= 0.3 is 0 Å². The molecule has 0 N–H and O–H groups in total. The number of amides is 2. The van der Waals surface area contributed by atoms with Crippen molar-refractivity contribution in [3.63, 3.8) is 0 Å². The first-order valence-electron chi connectivity index (χ1n) is 8.87. The van der Waals surface area contributed by atoms with Crippen molar-refractivity contribution in [1.82, 2.24) is 14.7 Å². The molecule has 0 aromatic heterocycles. The number of carbonyl (C=O) groups excluding carboxylic acids is 2. The van der Waals surface area contributed by atoms with E-state index in [-0.39, 0.29) is 22.8 Å². The van der Waals surface area contributed by atoms with Gasteiger partial charge in [0, 0.05) is 44.6 Å². The van der Waals surface area contributed by atoms with E-state index in [9.17, 15) is 14.0 Å². The van der Waals surface area contributed by atoms with E-state index in [1.807, 2.05) is 19.0 Å². The van der Waals surface area contributed by atoms with Gasteiger partial charge in [0.05, 0.1) is 5.56 Å². The molecule has 25 heavy (non-hydrogen) atoms. The molecule has 0 aliphatic carbocycles. The topological polar surface area (TPSA) is 43.9 Å². The summed E-state index contributed by atoms with van der Waals surface area (Å²) in [4.78, 5) is 30.6. The average Bonchev–Trinajstić information content (AvgIpc) is 2.89. The third-order valence-electron chi connectivity index (χ3n) is 5.44. The summed E-state index contributed by atoms with van der Waals surface area (Å²) < 4.78 is 13.8. The summed E-state index contributed by atoms with van der Waals surface area (Å²) in [6, 6.07) is 6.12. The molecule has 2 saturated heterocycles. The molecule has 2 aliphatic heterocycles. The highest BCUT2D eigenvalue weighted by molar-refractivity contribution is 5.94. The van der Waals surface area contributed by atoms with Crippen LogP contribution in [0.5, 0.6) is 0 Å². The molecule has 0 atom stereocenters. The van der Waals surface area contributed by atoms with Crippen molar-refractivity contribution in [3.05, 3.63) is 35.6 Å². The molecular formula is C19H26FN3O2. The molecular weight excluding hydrogens is 321 g/mol. The maximum absolute atomic E-state index is 13.8. The van der Waals surface area contributed by atoms with Crippen LogP contribution in [-0.2, 0) is 4.79 Å². The quantitative estimate of drug-likeness (QED) is 0.835. The van der Waals surface area contributed by atoms with Crippen molar-refractivity contribution in [3.8, 4) is 0 Å². The smallest absolute Gasteiger partial charge is 0.256 e. The van der Waals surface area contributed by atoms with Gasteiger partial charge in [-0.25, -0.2) is 4.39 Å². The number of hydrogen-bond acceptors (Lipinski definition) is 3. The molecule has 136 valence electrons. The lowest BCUT2D eigenvalue weighted by Gasteiger charge is -2.39. The third kappa shape index (κ3) is 3.84. The predicted molar refractivity (Wildman–Crippen MR) is 93.7 cm³/mol. The fourth-order valence-corrected chi connectivity index (χ4v) is 3.83. The van der Waals surface area contributed by atoms with Crippen LogP contribution in [0.15, 0.2) is 24.3 Å². The van der Waals surface area contributed by atoms with Gasteiger partial charge in [0.1, 0.15) is 5.82 Å². The van der Waals surface area contributed by atoms with E-state index >= 15 is 0 Å². The van der Waals surface area contributed by atoms with Gasteiger partial charge in [-0.2, -0.15) is 0 Å². The van der Waals surface area contributed by atoms with Gasteiger partial charge in [-0.05, 0) is 39.1 Å². The second-order valence-electron chi connectivity index (χ2n) is 7.57. The van der Waals surface area contributed by atoms with Crippen molar-refractivity contribution in [2.75, 3.05) is 46.8 Å². The standard InChI is InChI=1S/C19H26FN3O2/c1-21(2)11-12-23-14-19(13-17(23)24)7-9-22(10-8-19)18(25)15-5-3-4-6-16(15)20/h3-6H,7-14H2,1-2H3. The zero-order valence-electron chi connectivity index (χ0n) is 15.0. The van der Waals surface area contributed by atoms with E-state index in [2.05, 4.69) is 4.90 Å². The molecule has 2 amide bonds. The van der Waals surface area contributed by atoms with E-state index in [1.165, 1.54) is 12.1 Å². The minimum atomic E-state index is -0.473. The summed E-state index contributed by atoms with van der Waals surface area (Å²) in [6.45, 7) is 3.57. The van der Waals surface area contributed by atoms with Gasteiger partial charge in [-0.3, -0.25) is 9.59 Å². The van der Waals surface area contributed by atoms with Crippen LogP contribution < -0.4 is 0 Å². The zero-order valence-corrected chi connectivity index (χ0v) is 15.0. The normalized spacial score (nSPS) is 19.9. The third-order valence-corrected chi connectivity index (χ3v) is 5.44. The molecule has 2 fully saturated rings. The number of halogens is 1. The summed E-state index contributed by atoms with van der Waals surface area (Å²) in [5.41, 5.74) is 0.114. The maximum Gasteiger partial charge on any atom is 0.256 e. The number of carbonyl (C=O) groups is 2. The Balaban J connectivity index is 1.59. The monoisotopic (exact) mass is 347 g/mol. The molecule has 0 bridgehead atoms. The van der Waals surface area contributed by atoms with Crippen LogP contribution in [0.2, 0.25) is 0 Å². The number of hydrogen-bond donors (Lipinski definition) is 0. The van der Waals surface area contributed by atoms with Crippen molar-refractivity contribution in [2.24, 2.45) is 5.41 Å². The first kappa shape index (κ1) is 17.9. The van der Waals surface area contributed by atoms with E-state index in [0.717, 1.165) is 32.5 Å². The van der Waals surface area contributed by atoms with Crippen LogP contribution >= 0.6 is 0 Å². The first-order valence-corrected chi connectivity index (χ1v) is 8.87. The Morgan fingerprint density at radius 1 is 1.24 bits per heavy atom. The molecule has 3 rings (SSSR count). The zero-order chi connectivity index (χ0) is 18.0. The predicted octanol–water partition coefficient (Wildman–Crippen LogP) is 1.84. The Morgan fingerprint density at radius 3 is 2.56 bits per heavy atom. The van der Waals surface area contributed by atoms with Crippen molar-refractivity contribution < 1.29 is 14.0 Å². The second-order valence-corrected chi connectivity index (χ2v) is 7.57. The van der Waals surface area contributed by atoms with Crippen LogP contribution in [0.3, 0.4) is 0 Å². The molecule has 1 spiro atoms. The van der Waals surface area contributed by atoms with Gasteiger partial charge in [-0.1, -0.05) is 12.1 Å². The van der Waals surface area contributed by atoms with Gasteiger partial charge in [0.2, 0.25) is 5.91 Å². The molecule has 1 aromatic rings. The maximum atomic E-state index is 13.8. The molecule has 2 aliphatic rings. The number of likely N-dealkylation sites (tertiary alicyclic amines) is 2. The Morgan fingerprint density at radius 2 is 1.92 bits per heavy atom. The van der Waals surface area contributed by atoms with E-state index in [1.54, 1.807) is 17.0 Å². The molecule has 0 radical (unpaired) electrons. The highest BCUT2D eigenvalue weighted by Gasteiger charge is 2.45. The van der Waals surface area contributed by atoms with Gasteiger partial charge in [0.15, 0.2) is 0 Å². The second kappa shape index (κ2) is 7.12. The average molecular weight is 347 g/mol.